The molecule has 2 atom stereocenters. The van der Waals surface area contributed by atoms with Gasteiger partial charge in [0.15, 0.2) is 4.99 Å². The van der Waals surface area contributed by atoms with Crippen molar-refractivity contribution in [3.8, 4) is 0 Å². The Hall–Kier alpha value is -0.920. The first-order valence-electron chi connectivity index (χ1n) is 7.50. The quantitative estimate of drug-likeness (QED) is 0.500. The van der Waals surface area contributed by atoms with Gasteiger partial charge in [-0.25, -0.2) is 0 Å². The Morgan fingerprint density at radius 3 is 2.25 bits per heavy atom. The van der Waals surface area contributed by atoms with E-state index in [0.29, 0.717) is 5.56 Å². The van der Waals surface area contributed by atoms with E-state index in [1.807, 2.05) is 0 Å². The lowest BCUT2D eigenvalue weighted by Crippen LogP contribution is -2.45. The summed E-state index contributed by atoms with van der Waals surface area (Å²) in [6, 6.07) is 7.70. The monoisotopic (exact) mass is 381 g/mol. The smallest absolute Gasteiger partial charge is 0.386 e. The molecule has 0 unspecified atom stereocenters. The Bertz CT molecular complexity index is 578. The summed E-state index contributed by atoms with van der Waals surface area (Å²) < 4.78 is 50.6. The summed E-state index contributed by atoms with van der Waals surface area (Å²) in [4.78, 5) is -0.991. The first-order chi connectivity index (χ1) is 11.2. The van der Waals surface area contributed by atoms with Crippen LogP contribution in [-0.2, 0) is 13.6 Å². The van der Waals surface area contributed by atoms with E-state index in [9.17, 15) is 18.5 Å². The molecule has 0 saturated heterocycles. The Kier molecular flexibility index (Phi) is 7.89. The van der Waals surface area contributed by atoms with Crippen LogP contribution >= 0.6 is 19.8 Å². The standard InChI is InChI=1S/C15H22F2NO4PS/c1-4-21-23(20,22-5-2)15(16,17)14(24)18-11(3)13(19)12-9-7-6-8-10-12/h6-11,13,19H,4-5H2,1-3H3,(H,18,24)/t11-,13-/m1/s1. The van der Waals surface area contributed by atoms with Gasteiger partial charge >= 0.3 is 13.3 Å². The van der Waals surface area contributed by atoms with Crippen molar-refractivity contribution in [2.45, 2.75) is 38.6 Å². The van der Waals surface area contributed by atoms with Crippen LogP contribution < -0.4 is 5.32 Å². The van der Waals surface area contributed by atoms with Crippen molar-refractivity contribution in [2.75, 3.05) is 13.2 Å². The van der Waals surface area contributed by atoms with E-state index in [-0.39, 0.29) is 13.2 Å². The normalized spacial score (nSPS) is 14.9. The summed E-state index contributed by atoms with van der Waals surface area (Å²) >= 11 is 4.71. The second kappa shape index (κ2) is 8.97. The molecule has 1 aromatic carbocycles. The van der Waals surface area contributed by atoms with E-state index in [0.717, 1.165) is 0 Å². The van der Waals surface area contributed by atoms with E-state index < -0.39 is 30.4 Å². The highest BCUT2D eigenvalue weighted by molar-refractivity contribution is 7.81. The van der Waals surface area contributed by atoms with Gasteiger partial charge in [0.05, 0.1) is 25.4 Å². The molecule has 0 fully saturated rings. The fourth-order valence-corrected chi connectivity index (χ4v) is 3.89. The van der Waals surface area contributed by atoms with Gasteiger partial charge in [-0.3, -0.25) is 4.57 Å². The summed E-state index contributed by atoms with van der Waals surface area (Å²) in [7, 11) is -4.76. The van der Waals surface area contributed by atoms with Gasteiger partial charge in [-0.1, -0.05) is 42.5 Å². The molecule has 0 aliphatic rings. The Morgan fingerprint density at radius 1 is 1.29 bits per heavy atom. The molecule has 0 radical (unpaired) electrons. The topological polar surface area (TPSA) is 67.8 Å². The van der Waals surface area contributed by atoms with Gasteiger partial charge in [-0.2, -0.15) is 8.78 Å². The van der Waals surface area contributed by atoms with E-state index in [4.69, 9.17) is 12.2 Å². The summed E-state index contributed by atoms with van der Waals surface area (Å²) in [5, 5.41) is 12.6. The van der Waals surface area contributed by atoms with Crippen LogP contribution in [0, 0.1) is 0 Å². The third kappa shape index (κ3) is 4.80. The average molecular weight is 381 g/mol. The number of hydrogen-bond acceptors (Lipinski definition) is 5. The largest absolute Gasteiger partial charge is 0.406 e. The SMILES string of the molecule is CCOP(=O)(OCC)C(F)(F)C(=S)N[C@H](C)[C@@H](O)c1ccccc1. The molecule has 0 saturated carbocycles. The molecule has 0 heterocycles. The van der Waals surface area contributed by atoms with Crippen molar-refractivity contribution in [2.24, 2.45) is 0 Å². The van der Waals surface area contributed by atoms with Gasteiger partial charge in [-0.05, 0) is 26.3 Å². The van der Waals surface area contributed by atoms with Crippen LogP contribution in [-0.4, -0.2) is 35.0 Å². The van der Waals surface area contributed by atoms with Gasteiger partial charge in [0.1, 0.15) is 0 Å². The molecule has 1 rings (SSSR count). The van der Waals surface area contributed by atoms with Crippen LogP contribution in [0.1, 0.15) is 32.4 Å². The number of halogens is 2. The van der Waals surface area contributed by atoms with E-state index >= 15 is 0 Å². The zero-order chi connectivity index (χ0) is 18.4. The van der Waals surface area contributed by atoms with E-state index in [1.165, 1.54) is 20.8 Å². The maximum Gasteiger partial charge on any atom is 0.406 e. The lowest BCUT2D eigenvalue weighted by molar-refractivity contribution is 0.0899. The second-order valence-corrected chi connectivity index (χ2v) is 7.47. The van der Waals surface area contributed by atoms with Crippen LogP contribution in [0.5, 0.6) is 0 Å². The molecule has 24 heavy (non-hydrogen) atoms. The van der Waals surface area contributed by atoms with Gasteiger partial charge in [-0.15, -0.1) is 0 Å². The maximum atomic E-state index is 14.5. The van der Waals surface area contributed by atoms with Crippen LogP contribution in [0.15, 0.2) is 30.3 Å². The maximum absolute atomic E-state index is 14.5. The summed E-state index contributed by atoms with van der Waals surface area (Å²) in [6.45, 7) is 3.93. The molecule has 0 aromatic heterocycles. The van der Waals surface area contributed by atoms with Gasteiger partial charge in [0.2, 0.25) is 0 Å². The highest BCUT2D eigenvalue weighted by atomic mass is 32.1. The lowest BCUT2D eigenvalue weighted by atomic mass is 10.0. The molecule has 1 aromatic rings. The number of aliphatic hydroxyl groups is 1. The zero-order valence-corrected chi connectivity index (χ0v) is 15.4. The molecule has 0 aliphatic carbocycles. The summed E-state index contributed by atoms with van der Waals surface area (Å²) in [5.41, 5.74) is -3.46. The molecule has 9 heteroatoms. The number of thiocarbonyl (C=S) groups is 1. The minimum absolute atomic E-state index is 0.211. The van der Waals surface area contributed by atoms with E-state index in [2.05, 4.69) is 14.4 Å². The minimum Gasteiger partial charge on any atom is -0.386 e. The third-order valence-electron chi connectivity index (χ3n) is 3.19. The fourth-order valence-electron chi connectivity index (χ4n) is 1.98. The van der Waals surface area contributed by atoms with Crippen LogP contribution in [0.4, 0.5) is 8.78 Å². The predicted octanol–water partition coefficient (Wildman–Crippen LogP) is 3.88. The molecular weight excluding hydrogens is 359 g/mol. The van der Waals surface area contributed by atoms with Crippen molar-refractivity contribution >= 4 is 24.8 Å². The summed E-state index contributed by atoms with van der Waals surface area (Å²) in [6.07, 6.45) is -1.07. The van der Waals surface area contributed by atoms with Crippen molar-refractivity contribution in [3.05, 3.63) is 35.9 Å². The third-order valence-corrected chi connectivity index (χ3v) is 5.82. The van der Waals surface area contributed by atoms with Gasteiger partial charge in [0.25, 0.3) is 0 Å². The first-order valence-corrected chi connectivity index (χ1v) is 9.45. The van der Waals surface area contributed by atoms with Crippen molar-refractivity contribution in [1.29, 1.82) is 0 Å². The Balaban J connectivity index is 2.89. The second-order valence-electron chi connectivity index (χ2n) is 4.99. The van der Waals surface area contributed by atoms with Crippen LogP contribution in [0.2, 0.25) is 0 Å². The number of rotatable bonds is 9. The molecule has 0 aliphatic heterocycles. The number of hydrogen-bond donors (Lipinski definition) is 2. The Labute approximate surface area is 145 Å². The van der Waals surface area contributed by atoms with Crippen molar-refractivity contribution < 1.29 is 27.5 Å². The van der Waals surface area contributed by atoms with Crippen LogP contribution in [0.25, 0.3) is 0 Å². The lowest BCUT2D eigenvalue weighted by Gasteiger charge is -2.29. The zero-order valence-electron chi connectivity index (χ0n) is 13.7. The van der Waals surface area contributed by atoms with Gasteiger partial charge < -0.3 is 19.5 Å². The molecular formula is C15H22F2NO4PS. The highest BCUT2D eigenvalue weighted by Gasteiger charge is 2.57. The fraction of sp³-hybridized carbons (Fsp3) is 0.533. The molecule has 0 bridgehead atoms. The highest BCUT2D eigenvalue weighted by Crippen LogP contribution is 2.62. The average Bonchev–Trinajstić information content (AvgIpc) is 2.55. The van der Waals surface area contributed by atoms with E-state index in [1.54, 1.807) is 30.3 Å². The van der Waals surface area contributed by atoms with Crippen molar-refractivity contribution in [3.63, 3.8) is 0 Å². The van der Waals surface area contributed by atoms with Crippen molar-refractivity contribution in [1.82, 2.24) is 5.32 Å². The molecule has 0 amide bonds. The number of aliphatic hydroxyl groups excluding tert-OH is 1. The van der Waals surface area contributed by atoms with Gasteiger partial charge in [0, 0.05) is 0 Å². The molecule has 0 spiro atoms. The molecule has 2 N–H and O–H groups in total. The number of nitrogens with one attached hydrogen (secondary N) is 1. The Morgan fingerprint density at radius 2 is 1.79 bits per heavy atom. The minimum atomic E-state index is -4.76. The summed E-state index contributed by atoms with van der Waals surface area (Å²) in [5.74, 6) is 0. The molecule has 5 nitrogen and oxygen atoms in total. The first kappa shape index (κ1) is 21.1. The number of alkyl halides is 2. The van der Waals surface area contributed by atoms with Crippen LogP contribution in [0.3, 0.4) is 0 Å². The predicted molar refractivity (Wildman–Crippen MR) is 92.4 cm³/mol. The number of benzene rings is 1. The molecule has 136 valence electrons.